The highest BCUT2D eigenvalue weighted by Crippen LogP contribution is 2.25. The Kier molecular flexibility index (Phi) is 5.92. The van der Waals surface area contributed by atoms with Crippen LogP contribution in [0, 0.1) is 18.7 Å². The van der Waals surface area contributed by atoms with Crippen molar-refractivity contribution >= 4 is 15.9 Å². The first kappa shape index (κ1) is 19.5. The fourth-order valence-electron chi connectivity index (χ4n) is 3.21. The van der Waals surface area contributed by atoms with Crippen LogP contribution in [0.1, 0.15) is 24.0 Å². The molecule has 0 bridgehead atoms. The molecule has 2 aromatic carbocycles. The van der Waals surface area contributed by atoms with E-state index in [2.05, 4.69) is 5.32 Å². The minimum absolute atomic E-state index is 0.0477. The highest BCUT2D eigenvalue weighted by Gasteiger charge is 2.32. The SMILES string of the molecule is Cc1cc(S(=O)(=O)N2CCC(C(=O)NCc3ccccc3)CC2)ccc1F. The molecular formula is C20H23FN2O3S. The third-order valence-electron chi connectivity index (χ3n) is 4.90. The number of rotatable bonds is 5. The van der Waals surface area contributed by atoms with E-state index in [1.165, 1.54) is 29.4 Å². The van der Waals surface area contributed by atoms with E-state index >= 15 is 0 Å². The van der Waals surface area contributed by atoms with Crippen molar-refractivity contribution in [2.45, 2.75) is 31.2 Å². The second kappa shape index (κ2) is 8.19. The number of sulfonamides is 1. The molecule has 0 unspecified atom stereocenters. The summed E-state index contributed by atoms with van der Waals surface area (Å²) in [6, 6.07) is 13.5. The molecule has 0 radical (unpaired) electrons. The number of hydrogen-bond donors (Lipinski definition) is 1. The average molecular weight is 390 g/mol. The standard InChI is InChI=1S/C20H23FN2O3S/c1-15-13-18(7-8-19(15)21)27(25,26)23-11-9-17(10-12-23)20(24)22-14-16-5-3-2-4-6-16/h2-8,13,17H,9-12,14H2,1H3,(H,22,24). The van der Waals surface area contributed by atoms with Crippen molar-refractivity contribution in [1.82, 2.24) is 9.62 Å². The quantitative estimate of drug-likeness (QED) is 0.854. The van der Waals surface area contributed by atoms with Crippen LogP contribution in [0.15, 0.2) is 53.4 Å². The zero-order valence-electron chi connectivity index (χ0n) is 15.2. The van der Waals surface area contributed by atoms with E-state index in [1.54, 1.807) is 0 Å². The molecule has 144 valence electrons. The van der Waals surface area contributed by atoms with Gasteiger partial charge in [0.25, 0.3) is 0 Å². The molecular weight excluding hydrogens is 367 g/mol. The molecule has 27 heavy (non-hydrogen) atoms. The topological polar surface area (TPSA) is 66.5 Å². The van der Waals surface area contributed by atoms with Gasteiger partial charge in [-0.2, -0.15) is 4.31 Å². The van der Waals surface area contributed by atoms with Crippen molar-refractivity contribution in [3.8, 4) is 0 Å². The number of carbonyl (C=O) groups is 1. The third kappa shape index (κ3) is 4.54. The fraction of sp³-hybridized carbons (Fsp3) is 0.350. The Morgan fingerprint density at radius 1 is 1.15 bits per heavy atom. The van der Waals surface area contributed by atoms with Gasteiger partial charge >= 0.3 is 0 Å². The normalized spacial score (nSPS) is 16.2. The maximum atomic E-state index is 13.4. The Hall–Kier alpha value is -2.25. The molecule has 1 fully saturated rings. The number of nitrogens with one attached hydrogen (secondary N) is 1. The Balaban J connectivity index is 1.57. The number of hydrogen-bond acceptors (Lipinski definition) is 3. The van der Waals surface area contributed by atoms with E-state index in [9.17, 15) is 17.6 Å². The Morgan fingerprint density at radius 2 is 1.81 bits per heavy atom. The van der Waals surface area contributed by atoms with E-state index in [0.717, 1.165) is 5.56 Å². The predicted octanol–water partition coefficient (Wildman–Crippen LogP) is 2.85. The maximum Gasteiger partial charge on any atom is 0.243 e. The third-order valence-corrected chi connectivity index (χ3v) is 6.80. The number of amides is 1. The summed E-state index contributed by atoms with van der Waals surface area (Å²) >= 11 is 0. The summed E-state index contributed by atoms with van der Waals surface area (Å²) in [5, 5.41) is 2.92. The largest absolute Gasteiger partial charge is 0.352 e. The van der Waals surface area contributed by atoms with Gasteiger partial charge in [0.2, 0.25) is 15.9 Å². The van der Waals surface area contributed by atoms with Crippen LogP contribution in [-0.2, 0) is 21.4 Å². The lowest BCUT2D eigenvalue weighted by Gasteiger charge is -2.30. The van der Waals surface area contributed by atoms with Crippen LogP contribution in [0.3, 0.4) is 0 Å². The maximum absolute atomic E-state index is 13.4. The van der Waals surface area contributed by atoms with E-state index in [-0.39, 0.29) is 29.8 Å². The van der Waals surface area contributed by atoms with E-state index in [1.807, 2.05) is 30.3 Å². The Morgan fingerprint density at radius 3 is 2.44 bits per heavy atom. The zero-order chi connectivity index (χ0) is 19.4. The van der Waals surface area contributed by atoms with Gasteiger partial charge in [0.05, 0.1) is 4.90 Å². The van der Waals surface area contributed by atoms with E-state index in [0.29, 0.717) is 24.9 Å². The van der Waals surface area contributed by atoms with Gasteiger partial charge in [0.1, 0.15) is 5.82 Å². The van der Waals surface area contributed by atoms with E-state index < -0.39 is 15.8 Å². The zero-order valence-corrected chi connectivity index (χ0v) is 16.0. The van der Waals surface area contributed by atoms with Crippen molar-refractivity contribution < 1.29 is 17.6 Å². The van der Waals surface area contributed by atoms with Gasteiger partial charge < -0.3 is 5.32 Å². The summed E-state index contributed by atoms with van der Waals surface area (Å²) in [7, 11) is -3.67. The molecule has 7 heteroatoms. The van der Waals surface area contributed by atoms with Gasteiger partial charge in [-0.1, -0.05) is 30.3 Å². The summed E-state index contributed by atoms with van der Waals surface area (Å²) in [6.07, 6.45) is 0.945. The van der Waals surface area contributed by atoms with E-state index in [4.69, 9.17) is 0 Å². The monoisotopic (exact) mass is 390 g/mol. The molecule has 3 rings (SSSR count). The molecule has 0 saturated carbocycles. The molecule has 0 aromatic heterocycles. The van der Waals surface area contributed by atoms with Crippen LogP contribution in [0.4, 0.5) is 4.39 Å². The first-order valence-corrected chi connectivity index (χ1v) is 10.4. The van der Waals surface area contributed by atoms with Crippen LogP contribution in [0.5, 0.6) is 0 Å². The highest BCUT2D eigenvalue weighted by molar-refractivity contribution is 7.89. The summed E-state index contributed by atoms with van der Waals surface area (Å²) < 4.78 is 40.3. The number of nitrogens with zero attached hydrogens (tertiary/aromatic N) is 1. The Labute approximate surface area is 159 Å². The van der Waals surface area contributed by atoms with Gasteiger partial charge in [0.15, 0.2) is 0 Å². The second-order valence-corrected chi connectivity index (χ2v) is 8.73. The summed E-state index contributed by atoms with van der Waals surface area (Å²) in [5.74, 6) is -0.675. The number of piperidine rings is 1. The van der Waals surface area contributed by atoms with Gasteiger partial charge in [-0.15, -0.1) is 0 Å². The molecule has 0 spiro atoms. The summed E-state index contributed by atoms with van der Waals surface area (Å²) in [5.41, 5.74) is 1.32. The summed E-state index contributed by atoms with van der Waals surface area (Å²) in [4.78, 5) is 12.5. The minimum Gasteiger partial charge on any atom is -0.352 e. The number of carbonyl (C=O) groups excluding carboxylic acids is 1. The molecule has 1 aliphatic rings. The van der Waals surface area contributed by atoms with Crippen molar-refractivity contribution in [3.05, 3.63) is 65.5 Å². The molecule has 1 aliphatic heterocycles. The minimum atomic E-state index is -3.67. The summed E-state index contributed by atoms with van der Waals surface area (Å²) in [6.45, 7) is 2.56. The molecule has 0 atom stereocenters. The molecule has 2 aromatic rings. The lowest BCUT2D eigenvalue weighted by molar-refractivity contribution is -0.126. The van der Waals surface area contributed by atoms with Gasteiger partial charge in [0, 0.05) is 25.6 Å². The molecule has 1 N–H and O–H groups in total. The van der Waals surface area contributed by atoms with Crippen LogP contribution >= 0.6 is 0 Å². The first-order valence-electron chi connectivity index (χ1n) is 8.96. The molecule has 1 amide bonds. The van der Waals surface area contributed by atoms with Gasteiger partial charge in [-0.25, -0.2) is 12.8 Å². The first-order chi connectivity index (χ1) is 12.9. The van der Waals surface area contributed by atoms with Gasteiger partial charge in [-0.05, 0) is 49.1 Å². The fourth-order valence-corrected chi connectivity index (χ4v) is 4.77. The smallest absolute Gasteiger partial charge is 0.243 e. The second-order valence-electron chi connectivity index (χ2n) is 6.79. The lowest BCUT2D eigenvalue weighted by atomic mass is 9.97. The van der Waals surface area contributed by atoms with Crippen LogP contribution in [-0.4, -0.2) is 31.7 Å². The van der Waals surface area contributed by atoms with Crippen molar-refractivity contribution in [1.29, 1.82) is 0 Å². The van der Waals surface area contributed by atoms with Crippen molar-refractivity contribution in [2.75, 3.05) is 13.1 Å². The molecule has 1 saturated heterocycles. The molecule has 5 nitrogen and oxygen atoms in total. The molecule has 1 heterocycles. The van der Waals surface area contributed by atoms with Crippen LogP contribution < -0.4 is 5.32 Å². The predicted molar refractivity (Wildman–Crippen MR) is 101 cm³/mol. The lowest BCUT2D eigenvalue weighted by Crippen LogP contribution is -2.42. The number of aryl methyl sites for hydroxylation is 1. The number of halogens is 1. The number of benzene rings is 2. The van der Waals surface area contributed by atoms with Gasteiger partial charge in [-0.3, -0.25) is 4.79 Å². The molecule has 0 aliphatic carbocycles. The highest BCUT2D eigenvalue weighted by atomic mass is 32.2. The van der Waals surface area contributed by atoms with Crippen LogP contribution in [0.2, 0.25) is 0 Å². The van der Waals surface area contributed by atoms with Crippen molar-refractivity contribution in [2.24, 2.45) is 5.92 Å². The average Bonchev–Trinajstić information content (AvgIpc) is 2.69. The Bertz CT molecular complexity index is 908. The van der Waals surface area contributed by atoms with Crippen LogP contribution in [0.25, 0.3) is 0 Å². The van der Waals surface area contributed by atoms with Crippen molar-refractivity contribution in [3.63, 3.8) is 0 Å².